The molecule has 8 heteroatoms. The third-order valence-corrected chi connectivity index (χ3v) is 5.93. The van der Waals surface area contributed by atoms with Crippen LogP contribution < -0.4 is 10.1 Å². The summed E-state index contributed by atoms with van der Waals surface area (Å²) in [6, 6.07) is 6.73. The molecule has 7 nitrogen and oxygen atoms in total. The van der Waals surface area contributed by atoms with Crippen molar-refractivity contribution in [1.82, 2.24) is 10.2 Å². The molecule has 3 rings (SSSR count). The van der Waals surface area contributed by atoms with E-state index in [2.05, 4.69) is 5.32 Å². The minimum Gasteiger partial charge on any atom is -0.480 e. The highest BCUT2D eigenvalue weighted by Crippen LogP contribution is 2.28. The SMILES string of the molecule is CC(NC(=O)C1Cc2ccccc2O1)C(=O)N1CCS(=O)(=O)CC1. The van der Waals surface area contributed by atoms with Crippen LogP contribution in [-0.2, 0) is 25.8 Å². The summed E-state index contributed by atoms with van der Waals surface area (Å²) in [6.45, 7) is 1.95. The van der Waals surface area contributed by atoms with E-state index in [4.69, 9.17) is 4.74 Å². The van der Waals surface area contributed by atoms with Crippen molar-refractivity contribution in [2.45, 2.75) is 25.5 Å². The number of rotatable bonds is 3. The van der Waals surface area contributed by atoms with Crippen molar-refractivity contribution >= 4 is 21.7 Å². The first kappa shape index (κ1) is 16.8. The van der Waals surface area contributed by atoms with Crippen LogP contribution in [-0.4, -0.2) is 61.9 Å². The molecule has 24 heavy (non-hydrogen) atoms. The van der Waals surface area contributed by atoms with E-state index in [-0.39, 0.29) is 36.4 Å². The molecule has 1 fully saturated rings. The van der Waals surface area contributed by atoms with Gasteiger partial charge >= 0.3 is 0 Å². The first-order valence-electron chi connectivity index (χ1n) is 7.90. The zero-order valence-corrected chi connectivity index (χ0v) is 14.2. The number of para-hydroxylation sites is 1. The Labute approximate surface area is 140 Å². The largest absolute Gasteiger partial charge is 0.480 e. The van der Waals surface area contributed by atoms with E-state index in [1.807, 2.05) is 24.3 Å². The molecule has 2 amide bonds. The van der Waals surface area contributed by atoms with Crippen molar-refractivity contribution in [3.05, 3.63) is 29.8 Å². The Bertz CT molecular complexity index is 722. The second kappa shape index (κ2) is 6.43. The Morgan fingerprint density at radius 2 is 1.92 bits per heavy atom. The molecule has 1 aromatic carbocycles. The van der Waals surface area contributed by atoms with Crippen LogP contribution in [0.15, 0.2) is 24.3 Å². The summed E-state index contributed by atoms with van der Waals surface area (Å²) < 4.78 is 28.5. The maximum Gasteiger partial charge on any atom is 0.262 e. The van der Waals surface area contributed by atoms with Gasteiger partial charge in [-0.3, -0.25) is 9.59 Å². The average molecular weight is 352 g/mol. The fraction of sp³-hybridized carbons (Fsp3) is 0.500. The van der Waals surface area contributed by atoms with Crippen molar-refractivity contribution in [2.24, 2.45) is 0 Å². The van der Waals surface area contributed by atoms with E-state index in [1.165, 1.54) is 4.90 Å². The van der Waals surface area contributed by atoms with Crippen LogP contribution in [0.4, 0.5) is 0 Å². The minimum absolute atomic E-state index is 0.0273. The third-order valence-electron chi connectivity index (χ3n) is 4.32. The normalized spacial score (nSPS) is 23.0. The average Bonchev–Trinajstić information content (AvgIpc) is 2.98. The quantitative estimate of drug-likeness (QED) is 0.810. The number of fused-ring (bicyclic) bond motifs is 1. The van der Waals surface area contributed by atoms with E-state index in [0.29, 0.717) is 12.2 Å². The van der Waals surface area contributed by atoms with E-state index < -0.39 is 22.0 Å². The fourth-order valence-corrected chi connectivity index (χ4v) is 4.10. The Kier molecular flexibility index (Phi) is 4.49. The number of carbonyl (C=O) groups is 2. The predicted molar refractivity (Wildman–Crippen MR) is 87.4 cm³/mol. The number of nitrogens with one attached hydrogen (secondary N) is 1. The number of benzene rings is 1. The van der Waals surface area contributed by atoms with Gasteiger partial charge in [-0.2, -0.15) is 0 Å². The number of hydrogen-bond acceptors (Lipinski definition) is 5. The summed E-state index contributed by atoms with van der Waals surface area (Å²) >= 11 is 0. The molecule has 2 unspecified atom stereocenters. The topological polar surface area (TPSA) is 92.8 Å². The van der Waals surface area contributed by atoms with Crippen LogP contribution >= 0.6 is 0 Å². The van der Waals surface area contributed by atoms with Crippen molar-refractivity contribution in [1.29, 1.82) is 0 Å². The molecule has 2 heterocycles. The summed E-state index contributed by atoms with van der Waals surface area (Å²) in [4.78, 5) is 26.1. The molecular weight excluding hydrogens is 332 g/mol. The van der Waals surface area contributed by atoms with Gasteiger partial charge in [0.25, 0.3) is 5.91 Å². The molecule has 1 saturated heterocycles. The molecule has 0 spiro atoms. The van der Waals surface area contributed by atoms with Gasteiger partial charge in [0, 0.05) is 19.5 Å². The van der Waals surface area contributed by atoms with E-state index in [9.17, 15) is 18.0 Å². The van der Waals surface area contributed by atoms with Gasteiger partial charge < -0.3 is 15.0 Å². The van der Waals surface area contributed by atoms with Gasteiger partial charge in [-0.05, 0) is 18.6 Å². The van der Waals surface area contributed by atoms with Crippen LogP contribution in [0.2, 0.25) is 0 Å². The van der Waals surface area contributed by atoms with Gasteiger partial charge in [-0.25, -0.2) is 8.42 Å². The van der Waals surface area contributed by atoms with Gasteiger partial charge in [0.2, 0.25) is 5.91 Å². The molecule has 2 atom stereocenters. The number of nitrogens with zero attached hydrogens (tertiary/aromatic N) is 1. The lowest BCUT2D eigenvalue weighted by atomic mass is 10.1. The molecule has 0 aromatic heterocycles. The molecule has 0 saturated carbocycles. The zero-order valence-electron chi connectivity index (χ0n) is 13.4. The van der Waals surface area contributed by atoms with Gasteiger partial charge in [0.05, 0.1) is 11.5 Å². The lowest BCUT2D eigenvalue weighted by Gasteiger charge is -2.29. The molecule has 0 radical (unpaired) electrons. The molecule has 1 N–H and O–H groups in total. The molecule has 0 aliphatic carbocycles. The maximum atomic E-state index is 12.4. The van der Waals surface area contributed by atoms with Crippen LogP contribution in [0, 0.1) is 0 Å². The molecule has 2 aliphatic heterocycles. The monoisotopic (exact) mass is 352 g/mol. The van der Waals surface area contributed by atoms with Crippen molar-refractivity contribution in [2.75, 3.05) is 24.6 Å². The molecular formula is C16H20N2O5S. The number of hydrogen-bond donors (Lipinski definition) is 1. The molecule has 130 valence electrons. The summed E-state index contributed by atoms with van der Waals surface area (Å²) in [6.07, 6.45) is -0.162. The molecule has 0 bridgehead atoms. The van der Waals surface area contributed by atoms with Crippen molar-refractivity contribution in [3.8, 4) is 5.75 Å². The molecule has 2 aliphatic rings. The fourth-order valence-electron chi connectivity index (χ4n) is 2.90. The van der Waals surface area contributed by atoms with Crippen molar-refractivity contribution < 1.29 is 22.7 Å². The smallest absolute Gasteiger partial charge is 0.262 e. The third kappa shape index (κ3) is 3.53. The van der Waals surface area contributed by atoms with Crippen LogP contribution in [0.5, 0.6) is 5.75 Å². The highest BCUT2D eigenvalue weighted by atomic mass is 32.2. The predicted octanol–water partition coefficient (Wildman–Crippen LogP) is -0.248. The number of amides is 2. The van der Waals surface area contributed by atoms with Gasteiger partial charge in [0.1, 0.15) is 11.8 Å². The Morgan fingerprint density at radius 1 is 1.25 bits per heavy atom. The lowest BCUT2D eigenvalue weighted by molar-refractivity contribution is -0.137. The summed E-state index contributed by atoms with van der Waals surface area (Å²) in [5.74, 6) is 0.0317. The summed E-state index contributed by atoms with van der Waals surface area (Å²) in [7, 11) is -3.04. The highest BCUT2D eigenvalue weighted by molar-refractivity contribution is 7.91. The standard InChI is InChI=1S/C16H20N2O5S/c1-11(16(20)18-6-8-24(21,22)9-7-18)17-15(19)14-10-12-4-2-3-5-13(12)23-14/h2-5,11,14H,6-10H2,1H3,(H,17,19). The van der Waals surface area contributed by atoms with Crippen LogP contribution in [0.25, 0.3) is 0 Å². The van der Waals surface area contributed by atoms with E-state index >= 15 is 0 Å². The van der Waals surface area contributed by atoms with Gasteiger partial charge in [0.15, 0.2) is 15.9 Å². The number of carbonyl (C=O) groups excluding carboxylic acids is 2. The minimum atomic E-state index is -3.04. The number of ether oxygens (including phenoxy) is 1. The van der Waals surface area contributed by atoms with Gasteiger partial charge in [-0.15, -0.1) is 0 Å². The van der Waals surface area contributed by atoms with Crippen molar-refractivity contribution in [3.63, 3.8) is 0 Å². The maximum absolute atomic E-state index is 12.4. The van der Waals surface area contributed by atoms with E-state index in [0.717, 1.165) is 5.56 Å². The summed E-state index contributed by atoms with van der Waals surface area (Å²) in [5.41, 5.74) is 0.970. The second-order valence-corrected chi connectivity index (χ2v) is 8.43. The first-order chi connectivity index (χ1) is 11.4. The first-order valence-corrected chi connectivity index (χ1v) is 9.72. The second-order valence-electron chi connectivity index (χ2n) is 6.13. The summed E-state index contributed by atoms with van der Waals surface area (Å²) in [5, 5.41) is 2.67. The van der Waals surface area contributed by atoms with Gasteiger partial charge in [-0.1, -0.05) is 18.2 Å². The zero-order chi connectivity index (χ0) is 17.3. The highest BCUT2D eigenvalue weighted by Gasteiger charge is 2.33. The van der Waals surface area contributed by atoms with E-state index in [1.54, 1.807) is 6.92 Å². The van der Waals surface area contributed by atoms with Crippen LogP contribution in [0.1, 0.15) is 12.5 Å². The number of sulfone groups is 1. The van der Waals surface area contributed by atoms with Crippen LogP contribution in [0.3, 0.4) is 0 Å². The Morgan fingerprint density at radius 3 is 2.58 bits per heavy atom. The molecule has 1 aromatic rings. The Hall–Kier alpha value is -2.09. The lowest BCUT2D eigenvalue weighted by Crippen LogP contribution is -2.53. The Balaban J connectivity index is 1.54.